The van der Waals surface area contributed by atoms with Crippen molar-refractivity contribution in [3.05, 3.63) is 64.7 Å². The highest BCUT2D eigenvalue weighted by Gasteiger charge is 2.33. The molecule has 24 heavy (non-hydrogen) atoms. The van der Waals surface area contributed by atoms with E-state index < -0.39 is 11.7 Å². The number of amides is 1. The number of halogens is 4. The van der Waals surface area contributed by atoms with E-state index in [-0.39, 0.29) is 22.7 Å². The quantitative estimate of drug-likeness (QED) is 0.718. The molecule has 0 radical (unpaired) electrons. The average molecular weight is 374 g/mol. The molecule has 2 aromatic rings. The van der Waals surface area contributed by atoms with E-state index in [4.69, 9.17) is 11.6 Å². The van der Waals surface area contributed by atoms with Crippen LogP contribution in [0, 0.1) is 0 Å². The molecule has 7 heteroatoms. The summed E-state index contributed by atoms with van der Waals surface area (Å²) >= 11 is 6.61. The number of hydrogen-bond acceptors (Lipinski definition) is 2. The van der Waals surface area contributed by atoms with Crippen molar-refractivity contribution in [3.8, 4) is 0 Å². The zero-order chi connectivity index (χ0) is 17.7. The van der Waals surface area contributed by atoms with Crippen LogP contribution < -0.4 is 5.32 Å². The number of carbonyl (C=O) groups excluding carboxylic acids is 1. The van der Waals surface area contributed by atoms with Crippen molar-refractivity contribution >= 4 is 29.3 Å². The number of benzene rings is 2. The summed E-state index contributed by atoms with van der Waals surface area (Å²) in [7, 11) is 0. The van der Waals surface area contributed by atoms with Crippen LogP contribution in [0.5, 0.6) is 0 Å². The van der Waals surface area contributed by atoms with E-state index in [2.05, 4.69) is 5.32 Å². The zero-order valence-electron chi connectivity index (χ0n) is 12.7. The monoisotopic (exact) mass is 373 g/mol. The molecule has 0 heterocycles. The van der Waals surface area contributed by atoms with Gasteiger partial charge in [0, 0.05) is 4.90 Å². The molecule has 0 aliphatic heterocycles. The molecule has 2 aromatic carbocycles. The third-order valence-corrected chi connectivity index (χ3v) is 4.61. The summed E-state index contributed by atoms with van der Waals surface area (Å²) in [6, 6.07) is 12.9. The van der Waals surface area contributed by atoms with Crippen LogP contribution in [0.15, 0.2) is 53.4 Å². The lowest BCUT2D eigenvalue weighted by Gasteiger charge is -2.14. The Labute approximate surface area is 147 Å². The summed E-state index contributed by atoms with van der Waals surface area (Å²) in [4.78, 5) is 12.3. The van der Waals surface area contributed by atoms with Gasteiger partial charge in [-0.1, -0.05) is 41.9 Å². The van der Waals surface area contributed by atoms with E-state index in [0.717, 1.165) is 23.4 Å². The predicted octanol–water partition coefficient (Wildman–Crippen LogP) is 5.33. The summed E-state index contributed by atoms with van der Waals surface area (Å²) < 4.78 is 38.4. The van der Waals surface area contributed by atoms with Gasteiger partial charge in [-0.15, -0.1) is 11.8 Å². The first-order valence-corrected chi connectivity index (χ1v) is 8.47. The third kappa shape index (κ3) is 5.18. The molecule has 128 valence electrons. The SMILES string of the molecule is CC(NC(=O)CSc1ccc(Cl)c(C(F)(F)F)c1)c1ccccc1. The number of carbonyl (C=O) groups is 1. The topological polar surface area (TPSA) is 29.1 Å². The molecule has 0 saturated heterocycles. The molecule has 0 aliphatic rings. The molecule has 1 unspecified atom stereocenters. The van der Waals surface area contributed by atoms with E-state index in [9.17, 15) is 18.0 Å². The van der Waals surface area contributed by atoms with Gasteiger partial charge in [-0.25, -0.2) is 0 Å². The van der Waals surface area contributed by atoms with Crippen molar-refractivity contribution in [1.29, 1.82) is 0 Å². The average Bonchev–Trinajstić information content (AvgIpc) is 2.53. The summed E-state index contributed by atoms with van der Waals surface area (Å²) in [5, 5.41) is 2.46. The summed E-state index contributed by atoms with van der Waals surface area (Å²) in [5.74, 6) is -0.226. The minimum absolute atomic E-state index is 0.0239. The maximum atomic E-state index is 12.8. The van der Waals surface area contributed by atoms with Crippen LogP contribution >= 0.6 is 23.4 Å². The predicted molar refractivity (Wildman–Crippen MR) is 90.2 cm³/mol. The molecule has 1 amide bonds. The van der Waals surface area contributed by atoms with Gasteiger partial charge in [-0.05, 0) is 30.7 Å². The largest absolute Gasteiger partial charge is 0.417 e. The van der Waals surface area contributed by atoms with Gasteiger partial charge in [0.25, 0.3) is 0 Å². The fraction of sp³-hybridized carbons (Fsp3) is 0.235. The van der Waals surface area contributed by atoms with E-state index in [1.165, 1.54) is 12.1 Å². The number of thioether (sulfide) groups is 1. The Morgan fingerprint density at radius 2 is 1.88 bits per heavy atom. The lowest BCUT2D eigenvalue weighted by molar-refractivity contribution is -0.137. The molecule has 2 nitrogen and oxygen atoms in total. The maximum Gasteiger partial charge on any atom is 0.417 e. The molecule has 2 rings (SSSR count). The Balaban J connectivity index is 1.95. The van der Waals surface area contributed by atoms with Crippen molar-refractivity contribution in [2.45, 2.75) is 24.0 Å². The number of alkyl halides is 3. The van der Waals surface area contributed by atoms with Crippen molar-refractivity contribution < 1.29 is 18.0 Å². The zero-order valence-corrected chi connectivity index (χ0v) is 14.3. The highest BCUT2D eigenvalue weighted by molar-refractivity contribution is 8.00. The van der Waals surface area contributed by atoms with Crippen molar-refractivity contribution in [3.63, 3.8) is 0 Å². The van der Waals surface area contributed by atoms with Crippen molar-refractivity contribution in [2.75, 3.05) is 5.75 Å². The first-order valence-electron chi connectivity index (χ1n) is 7.11. The normalized spacial score (nSPS) is 12.7. The van der Waals surface area contributed by atoms with E-state index in [0.29, 0.717) is 4.90 Å². The van der Waals surface area contributed by atoms with E-state index >= 15 is 0 Å². The fourth-order valence-electron chi connectivity index (χ4n) is 2.07. The second kappa shape index (κ2) is 7.94. The van der Waals surface area contributed by atoms with Crippen molar-refractivity contribution in [2.24, 2.45) is 0 Å². The fourth-order valence-corrected chi connectivity index (χ4v) is 3.04. The van der Waals surface area contributed by atoms with Gasteiger partial charge in [0.15, 0.2) is 0 Å². The van der Waals surface area contributed by atoms with Crippen LogP contribution in [0.25, 0.3) is 0 Å². The van der Waals surface area contributed by atoms with Gasteiger partial charge >= 0.3 is 6.18 Å². The highest BCUT2D eigenvalue weighted by Crippen LogP contribution is 2.36. The second-order valence-corrected chi connectivity index (χ2v) is 6.58. The van der Waals surface area contributed by atoms with Crippen LogP contribution in [0.3, 0.4) is 0 Å². The van der Waals surface area contributed by atoms with Crippen LogP contribution in [0.4, 0.5) is 13.2 Å². The van der Waals surface area contributed by atoms with Crippen molar-refractivity contribution in [1.82, 2.24) is 5.32 Å². The Kier molecular flexibility index (Phi) is 6.18. The highest BCUT2D eigenvalue weighted by atomic mass is 35.5. The van der Waals surface area contributed by atoms with Gasteiger partial charge in [0.2, 0.25) is 5.91 Å². The third-order valence-electron chi connectivity index (χ3n) is 3.29. The molecule has 0 saturated carbocycles. The maximum absolute atomic E-state index is 12.8. The molecular weight excluding hydrogens is 359 g/mol. The molecule has 0 fully saturated rings. The first-order chi connectivity index (χ1) is 11.3. The van der Waals surface area contributed by atoms with Gasteiger partial charge < -0.3 is 5.32 Å². The summed E-state index contributed by atoms with van der Waals surface area (Å²) in [6.07, 6.45) is -4.52. The van der Waals surface area contributed by atoms with Crippen LogP contribution in [0.2, 0.25) is 5.02 Å². The number of hydrogen-bond donors (Lipinski definition) is 1. The van der Waals surface area contributed by atoms with E-state index in [1.807, 2.05) is 37.3 Å². The van der Waals surface area contributed by atoms with Crippen LogP contribution in [-0.2, 0) is 11.0 Å². The minimum Gasteiger partial charge on any atom is -0.349 e. The van der Waals surface area contributed by atoms with Crippen LogP contribution in [-0.4, -0.2) is 11.7 Å². The molecule has 1 atom stereocenters. The Bertz CT molecular complexity index is 707. The molecule has 0 aromatic heterocycles. The lowest BCUT2D eigenvalue weighted by atomic mass is 10.1. The summed E-state index contributed by atoms with van der Waals surface area (Å²) in [5.41, 5.74) is 0.0638. The minimum atomic E-state index is -4.52. The standard InChI is InChI=1S/C17H15ClF3NOS/c1-11(12-5-3-2-4-6-12)22-16(23)10-24-13-7-8-15(18)14(9-13)17(19,20)21/h2-9,11H,10H2,1H3,(H,22,23). The van der Waals surface area contributed by atoms with Gasteiger partial charge in [-0.2, -0.15) is 13.2 Å². The van der Waals surface area contributed by atoms with Gasteiger partial charge in [-0.3, -0.25) is 4.79 Å². The van der Waals surface area contributed by atoms with Gasteiger partial charge in [0.1, 0.15) is 0 Å². The summed E-state index contributed by atoms with van der Waals surface area (Å²) in [6.45, 7) is 1.85. The number of rotatable bonds is 5. The van der Waals surface area contributed by atoms with Gasteiger partial charge in [0.05, 0.1) is 22.4 Å². The molecule has 0 aliphatic carbocycles. The number of nitrogens with one attached hydrogen (secondary N) is 1. The lowest BCUT2D eigenvalue weighted by Crippen LogP contribution is -2.28. The molecule has 0 spiro atoms. The first kappa shape index (κ1) is 18.7. The smallest absolute Gasteiger partial charge is 0.349 e. The molecule has 1 N–H and O–H groups in total. The Morgan fingerprint density at radius 3 is 2.50 bits per heavy atom. The van der Waals surface area contributed by atoms with E-state index in [1.54, 1.807) is 0 Å². The molecule has 0 bridgehead atoms. The Morgan fingerprint density at radius 1 is 1.21 bits per heavy atom. The van der Waals surface area contributed by atoms with Crippen LogP contribution in [0.1, 0.15) is 24.1 Å². The molecular formula is C17H15ClF3NOS. The Hall–Kier alpha value is -1.66. The second-order valence-electron chi connectivity index (χ2n) is 5.13.